The Bertz CT molecular complexity index is 854. The maximum absolute atomic E-state index is 11.9. The van der Waals surface area contributed by atoms with Gasteiger partial charge in [0.05, 0.1) is 17.1 Å². The zero-order chi connectivity index (χ0) is 14.1. The van der Waals surface area contributed by atoms with Crippen LogP contribution in [0.4, 0.5) is 0 Å². The van der Waals surface area contributed by atoms with Gasteiger partial charge in [0.15, 0.2) is 6.29 Å². The van der Waals surface area contributed by atoms with E-state index in [-0.39, 0.29) is 17.8 Å². The van der Waals surface area contributed by atoms with Gasteiger partial charge in [0.2, 0.25) is 0 Å². The lowest BCUT2D eigenvalue weighted by molar-refractivity contribution is 0.111. The maximum atomic E-state index is 11.9. The second-order valence-corrected chi connectivity index (χ2v) is 4.57. The van der Waals surface area contributed by atoms with Gasteiger partial charge in [0, 0.05) is 5.02 Å². The van der Waals surface area contributed by atoms with E-state index in [0.29, 0.717) is 28.0 Å². The third kappa shape index (κ3) is 2.30. The Morgan fingerprint density at radius 3 is 3.00 bits per heavy atom. The summed E-state index contributed by atoms with van der Waals surface area (Å²) in [4.78, 5) is 29.4. The van der Waals surface area contributed by atoms with Crippen LogP contribution < -0.4 is 5.56 Å². The van der Waals surface area contributed by atoms with Gasteiger partial charge in [-0.15, -0.1) is 5.10 Å². The zero-order valence-corrected chi connectivity index (χ0v) is 10.8. The number of rotatable bonds is 3. The van der Waals surface area contributed by atoms with Gasteiger partial charge >= 0.3 is 0 Å². The quantitative estimate of drug-likeness (QED) is 0.727. The molecule has 3 rings (SSSR count). The molecule has 0 spiro atoms. The van der Waals surface area contributed by atoms with E-state index in [1.54, 1.807) is 18.2 Å². The van der Waals surface area contributed by atoms with Crippen LogP contribution >= 0.6 is 11.6 Å². The number of aromatic nitrogens is 5. The van der Waals surface area contributed by atoms with Crippen molar-refractivity contribution in [3.05, 3.63) is 51.3 Å². The first-order valence-electron chi connectivity index (χ1n) is 5.69. The van der Waals surface area contributed by atoms with Crippen LogP contribution in [0.5, 0.6) is 0 Å². The summed E-state index contributed by atoms with van der Waals surface area (Å²) in [6.45, 7) is 0.217. The third-order valence-corrected chi connectivity index (χ3v) is 2.94. The summed E-state index contributed by atoms with van der Waals surface area (Å²) in [5.41, 5.74) is 0.493. The number of benzene rings is 1. The third-order valence-electron chi connectivity index (χ3n) is 2.71. The largest absolute Gasteiger partial charge is 0.308 e. The number of halogens is 1. The molecule has 2 heterocycles. The van der Waals surface area contributed by atoms with Crippen molar-refractivity contribution < 1.29 is 4.79 Å². The highest BCUT2D eigenvalue weighted by Crippen LogP contribution is 2.14. The van der Waals surface area contributed by atoms with Gasteiger partial charge < -0.3 is 4.98 Å². The van der Waals surface area contributed by atoms with E-state index in [1.807, 2.05) is 0 Å². The number of nitrogens with one attached hydrogen (secondary N) is 1. The van der Waals surface area contributed by atoms with Crippen LogP contribution in [0.2, 0.25) is 5.02 Å². The van der Waals surface area contributed by atoms with E-state index >= 15 is 0 Å². The van der Waals surface area contributed by atoms with Crippen molar-refractivity contribution in [1.29, 1.82) is 0 Å². The summed E-state index contributed by atoms with van der Waals surface area (Å²) in [5.74, 6) is 0.423. The molecule has 0 unspecified atom stereocenters. The van der Waals surface area contributed by atoms with Crippen LogP contribution in [0.1, 0.15) is 16.3 Å². The monoisotopic (exact) mass is 289 g/mol. The summed E-state index contributed by atoms with van der Waals surface area (Å²) < 4.78 is 1.42. The Morgan fingerprint density at radius 2 is 2.25 bits per heavy atom. The first kappa shape index (κ1) is 12.5. The number of hydrogen-bond acceptors (Lipinski definition) is 5. The average Bonchev–Trinajstić information content (AvgIpc) is 2.87. The van der Waals surface area contributed by atoms with Gasteiger partial charge in [0.25, 0.3) is 5.56 Å². The fraction of sp³-hybridized carbons (Fsp3) is 0.0833. The highest BCUT2D eigenvalue weighted by atomic mass is 35.5. The topological polar surface area (TPSA) is 93.5 Å². The Balaban J connectivity index is 2.02. The molecule has 0 saturated carbocycles. The number of aldehydes is 1. The van der Waals surface area contributed by atoms with E-state index in [4.69, 9.17) is 11.6 Å². The van der Waals surface area contributed by atoms with Crippen LogP contribution in [0.3, 0.4) is 0 Å². The molecule has 0 amide bonds. The molecular formula is C12H8ClN5O2. The lowest BCUT2D eigenvalue weighted by Gasteiger charge is -2.03. The van der Waals surface area contributed by atoms with Crippen LogP contribution in [0.25, 0.3) is 10.9 Å². The second-order valence-electron chi connectivity index (χ2n) is 4.13. The summed E-state index contributed by atoms with van der Waals surface area (Å²) in [7, 11) is 0. The first-order chi connectivity index (χ1) is 9.65. The summed E-state index contributed by atoms with van der Waals surface area (Å²) >= 11 is 5.84. The molecule has 100 valence electrons. The molecular weight excluding hydrogens is 282 g/mol. The van der Waals surface area contributed by atoms with E-state index < -0.39 is 0 Å². The van der Waals surface area contributed by atoms with E-state index in [1.165, 1.54) is 10.9 Å². The van der Waals surface area contributed by atoms with Crippen LogP contribution in [0, 0.1) is 0 Å². The van der Waals surface area contributed by atoms with Crippen molar-refractivity contribution in [2.24, 2.45) is 0 Å². The van der Waals surface area contributed by atoms with Gasteiger partial charge in [-0.2, -0.15) is 0 Å². The number of carbonyl (C=O) groups excluding carboxylic acids is 1. The summed E-state index contributed by atoms with van der Waals surface area (Å²) in [6.07, 6.45) is 2.07. The molecule has 8 heteroatoms. The fourth-order valence-corrected chi connectivity index (χ4v) is 2.00. The molecule has 0 bridgehead atoms. The molecule has 0 fully saturated rings. The molecule has 0 aliphatic rings. The predicted molar refractivity (Wildman–Crippen MR) is 71.9 cm³/mol. The Morgan fingerprint density at radius 1 is 1.40 bits per heavy atom. The van der Waals surface area contributed by atoms with E-state index in [9.17, 15) is 9.59 Å². The average molecular weight is 290 g/mol. The fourth-order valence-electron chi connectivity index (χ4n) is 1.83. The number of carbonyl (C=O) groups is 1. The second kappa shape index (κ2) is 4.86. The van der Waals surface area contributed by atoms with Crippen molar-refractivity contribution >= 4 is 28.8 Å². The molecule has 3 aromatic rings. The molecule has 0 aliphatic heterocycles. The number of nitrogens with zero attached hydrogens (tertiary/aromatic N) is 4. The molecule has 1 N–H and O–H groups in total. The Hall–Kier alpha value is -2.54. The van der Waals surface area contributed by atoms with Crippen molar-refractivity contribution in [3.63, 3.8) is 0 Å². The van der Waals surface area contributed by atoms with Crippen molar-refractivity contribution in [3.8, 4) is 0 Å². The molecule has 1 aromatic carbocycles. The normalized spacial score (nSPS) is 10.8. The number of aromatic amines is 1. The molecule has 20 heavy (non-hydrogen) atoms. The predicted octanol–water partition coefficient (Wildman–Crippen LogP) is 1.03. The number of hydrogen-bond donors (Lipinski definition) is 1. The van der Waals surface area contributed by atoms with E-state index in [0.717, 1.165) is 0 Å². The lowest BCUT2D eigenvalue weighted by atomic mass is 10.2. The van der Waals surface area contributed by atoms with Gasteiger partial charge in [-0.25, -0.2) is 9.67 Å². The van der Waals surface area contributed by atoms with Gasteiger partial charge in [-0.05, 0) is 18.2 Å². The molecule has 0 saturated heterocycles. The van der Waals surface area contributed by atoms with Gasteiger partial charge in [-0.1, -0.05) is 16.8 Å². The Kier molecular flexibility index (Phi) is 3.03. The Labute approximate surface area is 117 Å². The minimum absolute atomic E-state index is 0.217. The standard InChI is InChI=1S/C12H8ClN5O2/c13-7-1-2-10-9(3-7)12(20)15-11(14-10)5-18-4-8(6-19)16-17-18/h1-4,6H,5H2,(H,14,15,20). The van der Waals surface area contributed by atoms with E-state index in [2.05, 4.69) is 20.3 Å². The van der Waals surface area contributed by atoms with Gasteiger partial charge in [0.1, 0.15) is 18.1 Å². The van der Waals surface area contributed by atoms with Crippen molar-refractivity contribution in [2.75, 3.05) is 0 Å². The lowest BCUT2D eigenvalue weighted by Crippen LogP contribution is -2.14. The van der Waals surface area contributed by atoms with Gasteiger partial charge in [-0.3, -0.25) is 9.59 Å². The zero-order valence-electron chi connectivity index (χ0n) is 10.1. The molecule has 0 aliphatic carbocycles. The van der Waals surface area contributed by atoms with Crippen LogP contribution in [-0.2, 0) is 6.54 Å². The first-order valence-corrected chi connectivity index (χ1v) is 6.07. The van der Waals surface area contributed by atoms with Crippen LogP contribution in [0.15, 0.2) is 29.2 Å². The highest BCUT2D eigenvalue weighted by Gasteiger charge is 2.06. The van der Waals surface area contributed by atoms with Crippen molar-refractivity contribution in [1.82, 2.24) is 25.0 Å². The maximum Gasteiger partial charge on any atom is 0.258 e. The van der Waals surface area contributed by atoms with Crippen LogP contribution in [-0.4, -0.2) is 31.2 Å². The molecule has 0 radical (unpaired) electrons. The molecule has 2 aromatic heterocycles. The van der Waals surface area contributed by atoms with Crippen molar-refractivity contribution in [2.45, 2.75) is 6.54 Å². The summed E-state index contributed by atoms with van der Waals surface area (Å²) in [6, 6.07) is 4.90. The molecule has 7 nitrogen and oxygen atoms in total. The minimum Gasteiger partial charge on any atom is -0.308 e. The number of H-pyrrole nitrogens is 1. The highest BCUT2D eigenvalue weighted by molar-refractivity contribution is 6.31. The minimum atomic E-state index is -0.275. The molecule has 0 atom stereocenters. The summed E-state index contributed by atoms with van der Waals surface area (Å²) in [5, 5.41) is 8.29. The number of fused-ring (bicyclic) bond motifs is 1. The SMILES string of the molecule is O=Cc1cn(Cc2nc3ccc(Cl)cc3c(=O)[nH]2)nn1. The smallest absolute Gasteiger partial charge is 0.258 e.